The Balaban J connectivity index is 2.81. The number of rotatable bonds is 8. The van der Waals surface area contributed by atoms with Gasteiger partial charge in [0.1, 0.15) is 0 Å². The van der Waals surface area contributed by atoms with E-state index in [9.17, 15) is 0 Å². The van der Waals surface area contributed by atoms with E-state index in [4.69, 9.17) is 12.6 Å². The molecule has 0 aliphatic carbocycles. The fourth-order valence-corrected chi connectivity index (χ4v) is 1.42. The molecule has 1 radical (unpaired) electrons. The van der Waals surface area contributed by atoms with Crippen molar-refractivity contribution < 1.29 is 0 Å². The third kappa shape index (κ3) is 9.96. The van der Waals surface area contributed by atoms with Crippen molar-refractivity contribution in [2.45, 2.75) is 58.3 Å². The van der Waals surface area contributed by atoms with Crippen LogP contribution in [-0.2, 0) is 0 Å². The zero-order chi connectivity index (χ0) is 9.07. The van der Waals surface area contributed by atoms with Gasteiger partial charge in [0.25, 0.3) is 0 Å². The van der Waals surface area contributed by atoms with Gasteiger partial charge in [-0.25, -0.2) is 0 Å². The van der Waals surface area contributed by atoms with Crippen LogP contribution in [0.3, 0.4) is 0 Å². The predicted octanol–water partition coefficient (Wildman–Crippen LogP) is 4.84. The summed E-state index contributed by atoms with van der Waals surface area (Å²) >= 11 is 4.71. The molecular formula is C11H21S. The van der Waals surface area contributed by atoms with Crippen LogP contribution in [0.5, 0.6) is 0 Å². The minimum absolute atomic E-state index is 1.18. The fraction of sp³-hybridized carbons (Fsp3) is 0.818. The average Bonchev–Trinajstić information content (AvgIpc) is 2.10. The molecule has 0 aliphatic rings. The van der Waals surface area contributed by atoms with Crippen molar-refractivity contribution in [2.24, 2.45) is 0 Å². The van der Waals surface area contributed by atoms with Crippen LogP contribution in [0.15, 0.2) is 11.5 Å². The number of hydrogen-bond donors (Lipinski definition) is 0. The van der Waals surface area contributed by atoms with Crippen molar-refractivity contribution in [1.82, 2.24) is 0 Å². The van der Waals surface area contributed by atoms with Crippen LogP contribution in [0.25, 0.3) is 0 Å². The number of allylic oxidation sites excluding steroid dienone is 1. The topological polar surface area (TPSA) is 0 Å². The van der Waals surface area contributed by atoms with Crippen molar-refractivity contribution >= 4 is 12.6 Å². The minimum atomic E-state index is 1.18. The first-order valence-electron chi connectivity index (χ1n) is 5.18. The molecule has 0 heterocycles. The Labute approximate surface area is 82.9 Å². The quantitative estimate of drug-likeness (QED) is 0.475. The van der Waals surface area contributed by atoms with Crippen molar-refractivity contribution in [3.8, 4) is 0 Å². The minimum Gasteiger partial charge on any atom is -0.0891 e. The monoisotopic (exact) mass is 185 g/mol. The maximum Gasteiger partial charge on any atom is -0.00265 e. The van der Waals surface area contributed by atoms with Crippen LogP contribution in [-0.4, -0.2) is 0 Å². The second-order valence-corrected chi connectivity index (χ2v) is 3.55. The van der Waals surface area contributed by atoms with Crippen LogP contribution >= 0.6 is 12.6 Å². The normalized spacial score (nSPS) is 11.1. The molecule has 0 saturated heterocycles. The van der Waals surface area contributed by atoms with E-state index in [0.717, 1.165) is 0 Å². The molecule has 0 N–H and O–H groups in total. The molecule has 0 aromatic heterocycles. The molecule has 0 amide bonds. The number of unbranched alkanes of at least 4 members (excludes halogenated alkanes) is 7. The molecule has 0 aromatic rings. The van der Waals surface area contributed by atoms with Crippen molar-refractivity contribution in [1.29, 1.82) is 0 Å². The average molecular weight is 185 g/mol. The summed E-state index contributed by atoms with van der Waals surface area (Å²) in [4.78, 5) is 0. The van der Waals surface area contributed by atoms with Gasteiger partial charge < -0.3 is 0 Å². The van der Waals surface area contributed by atoms with Crippen LogP contribution in [0.4, 0.5) is 0 Å². The van der Waals surface area contributed by atoms with Gasteiger partial charge in [0, 0.05) is 0 Å². The van der Waals surface area contributed by atoms with Gasteiger partial charge in [0.15, 0.2) is 0 Å². The highest BCUT2D eigenvalue weighted by Gasteiger charge is 1.88. The summed E-state index contributed by atoms with van der Waals surface area (Å²) in [6, 6.07) is 0. The molecule has 0 spiro atoms. The molecule has 0 rings (SSSR count). The molecule has 0 nitrogen and oxygen atoms in total. The van der Waals surface area contributed by atoms with Crippen molar-refractivity contribution in [2.75, 3.05) is 0 Å². The van der Waals surface area contributed by atoms with E-state index < -0.39 is 0 Å². The summed E-state index contributed by atoms with van der Waals surface area (Å²) in [5, 5.41) is 1.73. The maximum atomic E-state index is 4.71. The molecule has 0 atom stereocenters. The Morgan fingerprint density at radius 2 is 1.50 bits per heavy atom. The second kappa shape index (κ2) is 11.0. The summed E-state index contributed by atoms with van der Waals surface area (Å²) in [6.07, 6.45) is 13.0. The van der Waals surface area contributed by atoms with Gasteiger partial charge >= 0.3 is 0 Å². The lowest BCUT2D eigenvalue weighted by Gasteiger charge is -1.98. The molecule has 0 saturated carbocycles. The standard InChI is InChI=1S/C11H21S/c1-2-3-4-5-6-7-8-9-10-11-12/h10-11H,2-9H2,1H3/b11-10+. The highest BCUT2D eigenvalue weighted by molar-refractivity contribution is 7.83. The van der Waals surface area contributed by atoms with E-state index in [1.807, 2.05) is 0 Å². The van der Waals surface area contributed by atoms with E-state index in [1.165, 1.54) is 51.4 Å². The van der Waals surface area contributed by atoms with Gasteiger partial charge in [-0.1, -0.05) is 64.2 Å². The molecule has 71 valence electrons. The van der Waals surface area contributed by atoms with Gasteiger partial charge in [-0.2, -0.15) is 0 Å². The molecule has 1 heteroatoms. The first-order chi connectivity index (χ1) is 5.91. The molecule has 0 fully saturated rings. The third-order valence-corrected chi connectivity index (χ3v) is 2.26. The van der Waals surface area contributed by atoms with Crippen molar-refractivity contribution in [3.05, 3.63) is 11.5 Å². The smallest absolute Gasteiger partial charge is 0.00265 e. The van der Waals surface area contributed by atoms with Gasteiger partial charge in [0.05, 0.1) is 0 Å². The van der Waals surface area contributed by atoms with E-state index >= 15 is 0 Å². The van der Waals surface area contributed by atoms with E-state index in [-0.39, 0.29) is 0 Å². The molecule has 0 unspecified atom stereocenters. The summed E-state index contributed by atoms with van der Waals surface area (Å²) in [5.74, 6) is 0. The predicted molar refractivity (Wildman–Crippen MR) is 59.3 cm³/mol. The SMILES string of the molecule is CCCCCCCCC/C=C/[S]. The summed E-state index contributed by atoms with van der Waals surface area (Å²) in [5.41, 5.74) is 0. The summed E-state index contributed by atoms with van der Waals surface area (Å²) < 4.78 is 0. The molecule has 0 aromatic carbocycles. The first kappa shape index (κ1) is 12.0. The lowest BCUT2D eigenvalue weighted by atomic mass is 10.1. The Hall–Kier alpha value is -0.0400. The zero-order valence-corrected chi connectivity index (χ0v) is 9.04. The molecular weight excluding hydrogens is 164 g/mol. The summed E-state index contributed by atoms with van der Waals surface area (Å²) in [6.45, 7) is 2.26. The van der Waals surface area contributed by atoms with E-state index in [1.54, 1.807) is 5.41 Å². The van der Waals surface area contributed by atoms with Crippen LogP contribution < -0.4 is 0 Å². The Bertz CT molecular complexity index is 97.2. The maximum absolute atomic E-state index is 4.71. The summed E-state index contributed by atoms with van der Waals surface area (Å²) in [7, 11) is 0. The van der Waals surface area contributed by atoms with Crippen molar-refractivity contribution in [3.63, 3.8) is 0 Å². The van der Waals surface area contributed by atoms with E-state index in [2.05, 4.69) is 13.0 Å². The number of hydrogen-bond acceptors (Lipinski definition) is 0. The molecule has 12 heavy (non-hydrogen) atoms. The Morgan fingerprint density at radius 3 is 2.08 bits per heavy atom. The lowest BCUT2D eigenvalue weighted by molar-refractivity contribution is 0.592. The molecule has 0 aliphatic heterocycles. The highest BCUT2D eigenvalue weighted by Crippen LogP contribution is 2.08. The third-order valence-electron chi connectivity index (χ3n) is 2.07. The van der Waals surface area contributed by atoms with Gasteiger partial charge in [0.2, 0.25) is 0 Å². The van der Waals surface area contributed by atoms with Crippen LogP contribution in [0.1, 0.15) is 58.3 Å². The van der Waals surface area contributed by atoms with E-state index in [0.29, 0.717) is 0 Å². The first-order valence-corrected chi connectivity index (χ1v) is 5.66. The Kier molecular flexibility index (Phi) is 10.9. The van der Waals surface area contributed by atoms with Gasteiger partial charge in [-0.3, -0.25) is 0 Å². The lowest BCUT2D eigenvalue weighted by Crippen LogP contribution is -1.78. The highest BCUT2D eigenvalue weighted by atomic mass is 32.1. The largest absolute Gasteiger partial charge is 0.0891 e. The molecule has 0 bridgehead atoms. The van der Waals surface area contributed by atoms with Gasteiger partial charge in [-0.15, -0.1) is 0 Å². The fourth-order valence-electron chi connectivity index (χ4n) is 1.29. The van der Waals surface area contributed by atoms with Crippen LogP contribution in [0.2, 0.25) is 0 Å². The van der Waals surface area contributed by atoms with Crippen LogP contribution in [0, 0.1) is 0 Å². The second-order valence-electron chi connectivity index (χ2n) is 3.28. The zero-order valence-electron chi connectivity index (χ0n) is 8.22. The van der Waals surface area contributed by atoms with Gasteiger partial charge in [-0.05, 0) is 18.2 Å². The Morgan fingerprint density at radius 1 is 0.917 bits per heavy atom.